The third-order valence-electron chi connectivity index (χ3n) is 2.77. The first kappa shape index (κ1) is 12.0. The number of nitrogens with one attached hydrogen (secondary N) is 2. The Morgan fingerprint density at radius 3 is 2.75 bits per heavy atom. The van der Waals surface area contributed by atoms with Crippen LogP contribution in [0.1, 0.15) is 10.4 Å². The van der Waals surface area contributed by atoms with E-state index >= 15 is 0 Å². The van der Waals surface area contributed by atoms with Gasteiger partial charge in [-0.15, -0.1) is 0 Å². The van der Waals surface area contributed by atoms with Crippen LogP contribution in [0.25, 0.3) is 5.69 Å². The minimum Gasteiger partial charge on any atom is -0.394 e. The number of carbonyl (C=O) groups excluding carboxylic acids is 1. The monoisotopic (exact) mass is 268 g/mol. The van der Waals surface area contributed by atoms with E-state index in [4.69, 9.17) is 5.73 Å². The number of nitrogens with zero attached hydrogens (tertiary/aromatic N) is 3. The zero-order chi connectivity index (χ0) is 13.9. The lowest BCUT2D eigenvalue weighted by Crippen LogP contribution is -2.12. The summed E-state index contributed by atoms with van der Waals surface area (Å²) in [5.74, 6) is 0.0746. The van der Waals surface area contributed by atoms with E-state index in [2.05, 4.69) is 20.6 Å². The number of nitrogens with two attached hydrogens (primary N) is 1. The third-order valence-corrected chi connectivity index (χ3v) is 2.77. The van der Waals surface area contributed by atoms with Gasteiger partial charge in [0.25, 0.3) is 5.91 Å². The van der Waals surface area contributed by atoms with E-state index in [0.717, 1.165) is 5.69 Å². The normalized spacial score (nSPS) is 10.4. The van der Waals surface area contributed by atoms with Crippen LogP contribution in [0.4, 0.5) is 11.5 Å². The molecule has 0 atom stereocenters. The molecular formula is C13H12N6O. The van der Waals surface area contributed by atoms with Crippen molar-refractivity contribution in [2.24, 2.45) is 0 Å². The molecule has 0 spiro atoms. The van der Waals surface area contributed by atoms with Gasteiger partial charge in [0, 0.05) is 6.20 Å². The number of para-hydroxylation sites is 1. The highest BCUT2D eigenvalue weighted by Gasteiger charge is 2.12. The molecule has 2 aromatic heterocycles. The van der Waals surface area contributed by atoms with E-state index in [-0.39, 0.29) is 5.91 Å². The number of hydrogen-bond donors (Lipinski definition) is 3. The molecule has 0 saturated carbocycles. The number of aromatic nitrogens is 4. The molecule has 7 nitrogen and oxygen atoms in total. The summed E-state index contributed by atoms with van der Waals surface area (Å²) in [5, 5.41) is 13.1. The molecule has 0 aliphatic carbocycles. The first-order valence-electron chi connectivity index (χ1n) is 5.94. The van der Waals surface area contributed by atoms with Crippen molar-refractivity contribution in [3.63, 3.8) is 0 Å². The fraction of sp³-hybridized carbons (Fsp3) is 0. The zero-order valence-corrected chi connectivity index (χ0v) is 10.4. The summed E-state index contributed by atoms with van der Waals surface area (Å²) in [6.45, 7) is 0. The van der Waals surface area contributed by atoms with Crippen molar-refractivity contribution >= 4 is 17.4 Å². The van der Waals surface area contributed by atoms with Crippen molar-refractivity contribution in [3.8, 4) is 5.69 Å². The number of benzene rings is 1. The Labute approximate surface area is 114 Å². The Bertz CT molecular complexity index is 730. The van der Waals surface area contributed by atoms with Crippen LogP contribution in [-0.2, 0) is 0 Å². The Kier molecular flexibility index (Phi) is 2.92. The molecule has 2 heterocycles. The van der Waals surface area contributed by atoms with E-state index in [9.17, 15) is 4.79 Å². The maximum atomic E-state index is 12.0. The first-order chi connectivity index (χ1) is 9.74. The fourth-order valence-corrected chi connectivity index (χ4v) is 1.74. The lowest BCUT2D eigenvalue weighted by Gasteiger charge is -2.01. The minimum atomic E-state index is -0.303. The SMILES string of the molecule is Nc1cn[nH]c1NC(=O)c1cnn(-c2ccccc2)c1. The summed E-state index contributed by atoms with van der Waals surface area (Å²) in [6.07, 6.45) is 4.58. The molecule has 7 heteroatoms. The summed E-state index contributed by atoms with van der Waals surface area (Å²) >= 11 is 0. The second-order valence-corrected chi connectivity index (χ2v) is 4.16. The first-order valence-corrected chi connectivity index (χ1v) is 5.94. The smallest absolute Gasteiger partial charge is 0.260 e. The second-order valence-electron chi connectivity index (χ2n) is 4.16. The number of hydrogen-bond acceptors (Lipinski definition) is 4. The van der Waals surface area contributed by atoms with Gasteiger partial charge in [-0.2, -0.15) is 10.2 Å². The molecule has 0 aliphatic rings. The number of H-pyrrole nitrogens is 1. The lowest BCUT2D eigenvalue weighted by atomic mass is 10.3. The summed E-state index contributed by atoms with van der Waals surface area (Å²) < 4.78 is 1.63. The number of rotatable bonds is 3. The van der Waals surface area contributed by atoms with Crippen LogP contribution in [0.15, 0.2) is 48.9 Å². The largest absolute Gasteiger partial charge is 0.394 e. The molecule has 0 saturated heterocycles. The molecule has 20 heavy (non-hydrogen) atoms. The summed E-state index contributed by atoms with van der Waals surface area (Å²) in [5.41, 5.74) is 7.33. The van der Waals surface area contributed by atoms with Crippen LogP contribution in [0.3, 0.4) is 0 Å². The van der Waals surface area contributed by atoms with Crippen LogP contribution in [-0.4, -0.2) is 25.9 Å². The Balaban J connectivity index is 1.80. The van der Waals surface area contributed by atoms with Gasteiger partial charge in [0.05, 0.1) is 29.3 Å². The minimum absolute atomic E-state index is 0.303. The zero-order valence-electron chi connectivity index (χ0n) is 10.4. The van der Waals surface area contributed by atoms with Crippen molar-refractivity contribution in [1.82, 2.24) is 20.0 Å². The van der Waals surface area contributed by atoms with E-state index < -0.39 is 0 Å². The average Bonchev–Trinajstić information content (AvgIpc) is 3.10. The van der Waals surface area contributed by atoms with E-state index in [1.807, 2.05) is 30.3 Å². The molecule has 3 rings (SSSR count). The van der Waals surface area contributed by atoms with Crippen molar-refractivity contribution in [2.75, 3.05) is 11.1 Å². The Hall–Kier alpha value is -3.09. The topological polar surface area (TPSA) is 102 Å². The highest BCUT2D eigenvalue weighted by atomic mass is 16.1. The second kappa shape index (κ2) is 4.88. The number of aromatic amines is 1. The molecule has 0 aliphatic heterocycles. The highest BCUT2D eigenvalue weighted by molar-refractivity contribution is 6.04. The average molecular weight is 268 g/mol. The number of anilines is 2. The van der Waals surface area contributed by atoms with Crippen molar-refractivity contribution in [2.45, 2.75) is 0 Å². The Morgan fingerprint density at radius 2 is 2.05 bits per heavy atom. The van der Waals surface area contributed by atoms with Crippen LogP contribution in [0.5, 0.6) is 0 Å². The summed E-state index contributed by atoms with van der Waals surface area (Å²) in [4.78, 5) is 12.0. The standard InChI is InChI=1S/C13H12N6O/c14-11-7-15-18-12(11)17-13(20)9-6-16-19(8-9)10-4-2-1-3-5-10/h1-8H,14H2,(H2,15,17,18,20). The van der Waals surface area contributed by atoms with Crippen molar-refractivity contribution in [3.05, 3.63) is 54.5 Å². The van der Waals surface area contributed by atoms with Crippen molar-refractivity contribution < 1.29 is 4.79 Å². The van der Waals surface area contributed by atoms with Crippen LogP contribution in [0, 0.1) is 0 Å². The molecule has 4 N–H and O–H groups in total. The maximum absolute atomic E-state index is 12.0. The molecule has 1 aromatic carbocycles. The van der Waals surface area contributed by atoms with Crippen molar-refractivity contribution in [1.29, 1.82) is 0 Å². The van der Waals surface area contributed by atoms with Crippen LogP contribution >= 0.6 is 0 Å². The van der Waals surface area contributed by atoms with Crippen LogP contribution in [0.2, 0.25) is 0 Å². The highest BCUT2D eigenvalue weighted by Crippen LogP contribution is 2.14. The van der Waals surface area contributed by atoms with Gasteiger partial charge >= 0.3 is 0 Å². The van der Waals surface area contributed by atoms with Gasteiger partial charge in [-0.25, -0.2) is 4.68 Å². The van der Waals surface area contributed by atoms with Crippen LogP contribution < -0.4 is 11.1 Å². The van der Waals surface area contributed by atoms with Gasteiger partial charge in [-0.1, -0.05) is 18.2 Å². The molecule has 1 amide bonds. The molecular weight excluding hydrogens is 256 g/mol. The van der Waals surface area contributed by atoms with Gasteiger partial charge in [-0.3, -0.25) is 9.89 Å². The Morgan fingerprint density at radius 1 is 1.25 bits per heavy atom. The lowest BCUT2D eigenvalue weighted by molar-refractivity contribution is 0.102. The third kappa shape index (κ3) is 2.24. The quantitative estimate of drug-likeness (QED) is 0.668. The van der Waals surface area contributed by atoms with E-state index in [0.29, 0.717) is 17.1 Å². The predicted octanol–water partition coefficient (Wildman–Crippen LogP) is 1.43. The fourth-order valence-electron chi connectivity index (χ4n) is 1.74. The van der Waals surface area contributed by atoms with E-state index in [1.54, 1.807) is 10.9 Å². The molecule has 0 radical (unpaired) electrons. The predicted molar refractivity (Wildman–Crippen MR) is 74.5 cm³/mol. The van der Waals surface area contributed by atoms with E-state index in [1.165, 1.54) is 12.4 Å². The van der Waals surface area contributed by atoms with Gasteiger partial charge in [0.1, 0.15) is 0 Å². The molecule has 100 valence electrons. The van der Waals surface area contributed by atoms with Gasteiger partial charge < -0.3 is 11.1 Å². The maximum Gasteiger partial charge on any atom is 0.260 e. The molecule has 0 unspecified atom stereocenters. The molecule has 3 aromatic rings. The van der Waals surface area contributed by atoms with Gasteiger partial charge in [0.15, 0.2) is 5.82 Å². The molecule has 0 bridgehead atoms. The van der Waals surface area contributed by atoms with Gasteiger partial charge in [-0.05, 0) is 12.1 Å². The summed E-state index contributed by atoms with van der Waals surface area (Å²) in [7, 11) is 0. The molecule has 0 fully saturated rings. The summed E-state index contributed by atoms with van der Waals surface area (Å²) in [6, 6.07) is 9.54. The number of amides is 1. The number of carbonyl (C=O) groups is 1. The number of nitrogen functional groups attached to an aromatic ring is 1. The van der Waals surface area contributed by atoms with Gasteiger partial charge in [0.2, 0.25) is 0 Å².